The zero-order valence-corrected chi connectivity index (χ0v) is 16.9. The van der Waals surface area contributed by atoms with Crippen molar-refractivity contribution in [1.82, 2.24) is 0 Å². The van der Waals surface area contributed by atoms with Crippen molar-refractivity contribution < 1.29 is 9.90 Å². The van der Waals surface area contributed by atoms with Gasteiger partial charge in [0, 0.05) is 6.08 Å². The molecule has 0 atom stereocenters. The van der Waals surface area contributed by atoms with Crippen molar-refractivity contribution in [3.63, 3.8) is 0 Å². The Morgan fingerprint density at radius 1 is 0.920 bits per heavy atom. The van der Waals surface area contributed by atoms with E-state index in [1.165, 1.54) is 22.8 Å². The number of allylic oxidation sites excluding steroid dienone is 5. The van der Waals surface area contributed by atoms with E-state index in [-0.39, 0.29) is 10.8 Å². The molecule has 0 aliphatic heterocycles. The van der Waals surface area contributed by atoms with Gasteiger partial charge in [0.25, 0.3) is 0 Å². The van der Waals surface area contributed by atoms with E-state index in [0.717, 1.165) is 11.1 Å². The third-order valence-electron chi connectivity index (χ3n) is 4.18. The van der Waals surface area contributed by atoms with Crippen LogP contribution in [0.15, 0.2) is 48.1 Å². The third-order valence-corrected chi connectivity index (χ3v) is 4.18. The van der Waals surface area contributed by atoms with E-state index in [1.54, 1.807) is 6.92 Å². The molecule has 0 saturated heterocycles. The van der Waals surface area contributed by atoms with Crippen molar-refractivity contribution in [1.29, 1.82) is 0 Å². The molecule has 0 heterocycles. The van der Waals surface area contributed by atoms with E-state index in [1.807, 2.05) is 18.2 Å². The average Bonchev–Trinajstić information content (AvgIpc) is 2.44. The van der Waals surface area contributed by atoms with Crippen LogP contribution in [-0.4, -0.2) is 11.1 Å². The van der Waals surface area contributed by atoms with Crippen LogP contribution in [0.1, 0.15) is 72.1 Å². The molecule has 0 bridgehead atoms. The second kappa shape index (κ2) is 7.86. The summed E-state index contributed by atoms with van der Waals surface area (Å²) in [5.41, 5.74) is 5.93. The number of carbonyl (C=O) groups is 1. The van der Waals surface area contributed by atoms with E-state index in [2.05, 4.69) is 66.7 Å². The molecular formula is C23H32O2. The summed E-state index contributed by atoms with van der Waals surface area (Å²) in [6, 6.07) is 6.83. The van der Waals surface area contributed by atoms with Gasteiger partial charge in [-0.25, -0.2) is 4.79 Å². The van der Waals surface area contributed by atoms with Crippen LogP contribution in [0.3, 0.4) is 0 Å². The first-order valence-electron chi connectivity index (χ1n) is 8.73. The number of carboxylic acid groups (broad SMARTS) is 1. The van der Waals surface area contributed by atoms with Gasteiger partial charge in [-0.15, -0.1) is 0 Å². The fourth-order valence-corrected chi connectivity index (χ4v) is 2.40. The van der Waals surface area contributed by atoms with Crippen molar-refractivity contribution in [2.75, 3.05) is 0 Å². The van der Waals surface area contributed by atoms with Crippen molar-refractivity contribution in [3.8, 4) is 0 Å². The first-order valence-corrected chi connectivity index (χ1v) is 8.73. The second-order valence-corrected chi connectivity index (χ2v) is 8.73. The highest BCUT2D eigenvalue weighted by Crippen LogP contribution is 2.32. The molecule has 0 aliphatic carbocycles. The first-order chi connectivity index (χ1) is 11.3. The number of hydrogen-bond donors (Lipinski definition) is 1. The highest BCUT2D eigenvalue weighted by Gasteiger charge is 2.20. The molecule has 1 N–H and O–H groups in total. The average molecular weight is 341 g/mol. The minimum Gasteiger partial charge on any atom is -0.478 e. The summed E-state index contributed by atoms with van der Waals surface area (Å²) in [7, 11) is 0. The summed E-state index contributed by atoms with van der Waals surface area (Å²) >= 11 is 0. The number of hydrogen-bond acceptors (Lipinski definition) is 1. The van der Waals surface area contributed by atoms with Gasteiger partial charge < -0.3 is 5.11 Å². The maximum atomic E-state index is 10.7. The number of carboxylic acids is 1. The van der Waals surface area contributed by atoms with Gasteiger partial charge in [-0.05, 0) is 52.5 Å². The van der Waals surface area contributed by atoms with Gasteiger partial charge in [0.1, 0.15) is 0 Å². The summed E-state index contributed by atoms with van der Waals surface area (Å²) in [6.07, 6.45) is 6.96. The molecule has 2 heteroatoms. The van der Waals surface area contributed by atoms with Gasteiger partial charge in [-0.1, -0.05) is 78.0 Å². The Bertz CT molecular complexity index is 685. The SMILES string of the molecule is CC(C=C/C=C(/C)c1cc(C(C)(C)C)cc(C(C)(C)C)c1)=CC(=O)O. The van der Waals surface area contributed by atoms with Gasteiger partial charge >= 0.3 is 5.97 Å². The summed E-state index contributed by atoms with van der Waals surface area (Å²) in [5.74, 6) is -0.921. The second-order valence-electron chi connectivity index (χ2n) is 8.73. The predicted molar refractivity (Wildman–Crippen MR) is 108 cm³/mol. The normalized spacial score (nSPS) is 14.2. The van der Waals surface area contributed by atoms with Crippen LogP contribution in [0.2, 0.25) is 0 Å². The Kier molecular flexibility index (Phi) is 6.59. The molecule has 25 heavy (non-hydrogen) atoms. The molecule has 1 rings (SSSR count). The summed E-state index contributed by atoms with van der Waals surface area (Å²) in [6.45, 7) is 17.3. The summed E-state index contributed by atoms with van der Waals surface area (Å²) in [5, 5.41) is 8.76. The van der Waals surface area contributed by atoms with Gasteiger partial charge in [-0.3, -0.25) is 0 Å². The molecular weight excluding hydrogens is 308 g/mol. The minimum atomic E-state index is -0.921. The van der Waals surface area contributed by atoms with Crippen LogP contribution in [0.5, 0.6) is 0 Å². The van der Waals surface area contributed by atoms with E-state index >= 15 is 0 Å². The number of benzene rings is 1. The van der Waals surface area contributed by atoms with Crippen LogP contribution in [0, 0.1) is 0 Å². The van der Waals surface area contributed by atoms with Gasteiger partial charge in [0.2, 0.25) is 0 Å². The zero-order chi connectivity index (χ0) is 19.4. The molecule has 136 valence electrons. The van der Waals surface area contributed by atoms with Crippen LogP contribution >= 0.6 is 0 Å². The van der Waals surface area contributed by atoms with Crippen LogP contribution in [0.4, 0.5) is 0 Å². The Balaban J connectivity index is 3.29. The smallest absolute Gasteiger partial charge is 0.328 e. The van der Waals surface area contributed by atoms with E-state index in [0.29, 0.717) is 0 Å². The van der Waals surface area contributed by atoms with Gasteiger partial charge in [-0.2, -0.15) is 0 Å². The Morgan fingerprint density at radius 2 is 1.40 bits per heavy atom. The zero-order valence-electron chi connectivity index (χ0n) is 16.9. The molecule has 0 fully saturated rings. The summed E-state index contributed by atoms with van der Waals surface area (Å²) in [4.78, 5) is 10.7. The lowest BCUT2D eigenvalue weighted by atomic mass is 9.79. The topological polar surface area (TPSA) is 37.3 Å². The Hall–Kier alpha value is -2.09. The van der Waals surface area contributed by atoms with Crippen LogP contribution in [-0.2, 0) is 15.6 Å². The lowest BCUT2D eigenvalue weighted by molar-refractivity contribution is -0.131. The van der Waals surface area contributed by atoms with E-state index in [4.69, 9.17) is 5.11 Å². The molecule has 0 saturated carbocycles. The fourth-order valence-electron chi connectivity index (χ4n) is 2.40. The van der Waals surface area contributed by atoms with Crippen LogP contribution in [0.25, 0.3) is 5.57 Å². The van der Waals surface area contributed by atoms with E-state index in [9.17, 15) is 4.79 Å². The van der Waals surface area contributed by atoms with Gasteiger partial charge in [0.05, 0.1) is 0 Å². The highest BCUT2D eigenvalue weighted by atomic mass is 16.4. The lowest BCUT2D eigenvalue weighted by Gasteiger charge is -2.26. The number of aliphatic carboxylic acids is 1. The third kappa shape index (κ3) is 6.74. The van der Waals surface area contributed by atoms with Gasteiger partial charge in [0.15, 0.2) is 0 Å². The number of rotatable bonds is 4. The molecule has 0 radical (unpaired) electrons. The Labute approximate surface area is 153 Å². The van der Waals surface area contributed by atoms with Crippen molar-refractivity contribution >= 4 is 11.5 Å². The molecule has 0 unspecified atom stereocenters. The van der Waals surface area contributed by atoms with Crippen LogP contribution < -0.4 is 0 Å². The monoisotopic (exact) mass is 340 g/mol. The van der Waals surface area contributed by atoms with Crippen molar-refractivity contribution in [2.24, 2.45) is 0 Å². The summed E-state index contributed by atoms with van der Waals surface area (Å²) < 4.78 is 0. The minimum absolute atomic E-state index is 0.0902. The van der Waals surface area contributed by atoms with E-state index < -0.39 is 5.97 Å². The molecule has 1 aromatic carbocycles. The lowest BCUT2D eigenvalue weighted by Crippen LogP contribution is -2.16. The maximum Gasteiger partial charge on any atom is 0.328 e. The fraction of sp³-hybridized carbons (Fsp3) is 0.435. The van der Waals surface area contributed by atoms with Crippen molar-refractivity contribution in [2.45, 2.75) is 66.2 Å². The molecule has 1 aromatic rings. The van der Waals surface area contributed by atoms with Crippen molar-refractivity contribution in [3.05, 3.63) is 64.8 Å². The predicted octanol–water partition coefficient (Wildman–Crippen LogP) is 6.27. The largest absolute Gasteiger partial charge is 0.478 e. The molecule has 0 aromatic heterocycles. The quantitative estimate of drug-likeness (QED) is 0.518. The molecule has 0 aliphatic rings. The Morgan fingerprint density at radius 3 is 1.80 bits per heavy atom. The molecule has 0 amide bonds. The first kappa shape index (κ1) is 21.0. The highest BCUT2D eigenvalue weighted by molar-refractivity contribution is 5.81. The standard InChI is InChI=1S/C23H32O2/c1-16(12-21(24)25)10-9-11-17(2)18-13-19(22(3,4)5)15-20(14-18)23(6,7)8/h9-15H,1-8H3,(H,24,25)/b10-9?,16-12?,17-11-. The maximum absolute atomic E-state index is 10.7. The molecule has 2 nitrogen and oxygen atoms in total. The molecule has 0 spiro atoms.